The minimum atomic E-state index is -3.74. The third kappa shape index (κ3) is 5.80. The van der Waals surface area contributed by atoms with E-state index in [-0.39, 0.29) is 16.6 Å². The van der Waals surface area contributed by atoms with E-state index in [4.69, 9.17) is 0 Å². The van der Waals surface area contributed by atoms with Crippen LogP contribution < -0.4 is 10.0 Å². The van der Waals surface area contributed by atoms with Crippen molar-refractivity contribution < 1.29 is 13.2 Å². The normalized spacial score (nSPS) is 11.0. The summed E-state index contributed by atoms with van der Waals surface area (Å²) >= 11 is 1.50. The summed E-state index contributed by atoms with van der Waals surface area (Å²) in [6, 6.07) is 16.6. The van der Waals surface area contributed by atoms with E-state index in [1.807, 2.05) is 18.2 Å². The molecule has 0 unspecified atom stereocenters. The van der Waals surface area contributed by atoms with Crippen LogP contribution in [0.2, 0.25) is 0 Å². The second-order valence-corrected chi connectivity index (χ2v) is 8.46. The Hall–Kier alpha value is -2.91. The maximum atomic E-state index is 12.4. The number of carbonyl (C=O) groups excluding carboxylic acids is 1. The van der Waals surface area contributed by atoms with Gasteiger partial charge in [-0.15, -0.1) is 11.8 Å². The molecule has 9 heteroatoms. The zero-order chi connectivity index (χ0) is 19.8. The molecule has 7 nitrogen and oxygen atoms in total. The van der Waals surface area contributed by atoms with Crippen molar-refractivity contribution in [2.45, 2.75) is 16.3 Å². The standard InChI is InChI=1S/C19H18N4O3S2/c24-18(11-14-27-19-6-2-4-13-21-19)22-15-7-9-16(10-8-15)28(25,26)23-17-5-1-3-12-20-17/h1-10,12-13H,11,14H2,(H,20,23)(H,22,24). The molecule has 2 aromatic heterocycles. The van der Waals surface area contributed by atoms with Crippen molar-refractivity contribution >= 4 is 39.2 Å². The summed E-state index contributed by atoms with van der Waals surface area (Å²) in [6.45, 7) is 0. The summed E-state index contributed by atoms with van der Waals surface area (Å²) in [6.07, 6.45) is 3.53. The lowest BCUT2D eigenvalue weighted by atomic mass is 10.3. The molecule has 0 saturated heterocycles. The van der Waals surface area contributed by atoms with Crippen LogP contribution >= 0.6 is 11.8 Å². The van der Waals surface area contributed by atoms with Crippen molar-refractivity contribution in [2.24, 2.45) is 0 Å². The summed E-state index contributed by atoms with van der Waals surface area (Å²) in [5.41, 5.74) is 0.532. The first-order chi connectivity index (χ1) is 13.5. The van der Waals surface area contributed by atoms with E-state index in [1.165, 1.54) is 30.1 Å². The molecule has 2 N–H and O–H groups in total. The number of rotatable bonds is 8. The number of hydrogen-bond acceptors (Lipinski definition) is 6. The van der Waals surface area contributed by atoms with Crippen LogP contribution in [0.4, 0.5) is 11.5 Å². The first kappa shape index (κ1) is 19.8. The van der Waals surface area contributed by atoms with E-state index in [2.05, 4.69) is 20.0 Å². The lowest BCUT2D eigenvalue weighted by Crippen LogP contribution is -2.15. The lowest BCUT2D eigenvalue weighted by Gasteiger charge is -2.09. The minimum Gasteiger partial charge on any atom is -0.326 e. The fourth-order valence-corrected chi connectivity index (χ4v) is 4.06. The molecule has 3 rings (SSSR count). The van der Waals surface area contributed by atoms with Gasteiger partial charge in [-0.2, -0.15) is 0 Å². The molecular weight excluding hydrogens is 396 g/mol. The molecule has 0 aliphatic carbocycles. The van der Waals surface area contributed by atoms with Crippen LogP contribution in [0.3, 0.4) is 0 Å². The maximum Gasteiger partial charge on any atom is 0.263 e. The highest BCUT2D eigenvalue weighted by molar-refractivity contribution is 7.99. The molecule has 0 saturated carbocycles. The van der Waals surface area contributed by atoms with Gasteiger partial charge in [-0.25, -0.2) is 18.4 Å². The highest BCUT2D eigenvalue weighted by atomic mass is 32.2. The average molecular weight is 415 g/mol. The summed E-state index contributed by atoms with van der Waals surface area (Å²) in [5.74, 6) is 0.694. The highest BCUT2D eigenvalue weighted by Gasteiger charge is 2.14. The number of thioether (sulfide) groups is 1. The minimum absolute atomic E-state index is 0.0851. The summed E-state index contributed by atoms with van der Waals surface area (Å²) in [4.78, 5) is 20.3. The topological polar surface area (TPSA) is 101 Å². The second-order valence-electron chi connectivity index (χ2n) is 5.66. The van der Waals surface area contributed by atoms with Gasteiger partial charge in [0.05, 0.1) is 9.92 Å². The lowest BCUT2D eigenvalue weighted by molar-refractivity contribution is -0.115. The largest absolute Gasteiger partial charge is 0.326 e. The molecule has 0 spiro atoms. The molecule has 0 aliphatic heterocycles. The van der Waals surface area contributed by atoms with Crippen LogP contribution in [0.15, 0.2) is 83.0 Å². The first-order valence-corrected chi connectivity index (χ1v) is 10.9. The van der Waals surface area contributed by atoms with E-state index in [9.17, 15) is 13.2 Å². The number of sulfonamides is 1. The zero-order valence-corrected chi connectivity index (χ0v) is 16.4. The molecular formula is C19H18N4O3S2. The molecule has 0 atom stereocenters. The SMILES string of the molecule is O=C(CCSc1ccccn1)Nc1ccc(S(=O)(=O)Nc2ccccn2)cc1. The predicted molar refractivity (Wildman–Crippen MR) is 110 cm³/mol. The molecule has 0 fully saturated rings. The molecule has 0 radical (unpaired) electrons. The van der Waals surface area contributed by atoms with Gasteiger partial charge in [0.25, 0.3) is 10.0 Å². The number of carbonyl (C=O) groups is 1. The van der Waals surface area contributed by atoms with Gasteiger partial charge in [0.15, 0.2) is 0 Å². The molecule has 0 aliphatic rings. The van der Waals surface area contributed by atoms with E-state index in [0.717, 1.165) is 5.03 Å². The number of benzene rings is 1. The first-order valence-electron chi connectivity index (χ1n) is 8.40. The van der Waals surface area contributed by atoms with E-state index < -0.39 is 10.0 Å². The van der Waals surface area contributed by atoms with Crippen molar-refractivity contribution in [1.82, 2.24) is 9.97 Å². The molecule has 3 aromatic rings. The van der Waals surface area contributed by atoms with Crippen LogP contribution in [0, 0.1) is 0 Å². The molecule has 1 aromatic carbocycles. The van der Waals surface area contributed by atoms with Crippen LogP contribution in [0.25, 0.3) is 0 Å². The smallest absolute Gasteiger partial charge is 0.263 e. The second kappa shape index (κ2) is 9.34. The van der Waals surface area contributed by atoms with Gasteiger partial charge in [-0.3, -0.25) is 9.52 Å². The molecule has 28 heavy (non-hydrogen) atoms. The molecule has 0 bridgehead atoms. The number of nitrogens with one attached hydrogen (secondary N) is 2. The summed E-state index contributed by atoms with van der Waals surface area (Å²) in [7, 11) is -3.74. The van der Waals surface area contributed by atoms with Crippen molar-refractivity contribution in [3.8, 4) is 0 Å². The number of aromatic nitrogens is 2. The van der Waals surface area contributed by atoms with Crippen molar-refractivity contribution in [3.05, 3.63) is 73.1 Å². The van der Waals surface area contributed by atoms with Gasteiger partial charge >= 0.3 is 0 Å². The quantitative estimate of drug-likeness (QED) is 0.548. The molecule has 1 amide bonds. The van der Waals surface area contributed by atoms with Crippen LogP contribution in [0.1, 0.15) is 6.42 Å². The third-order valence-electron chi connectivity index (χ3n) is 3.57. The van der Waals surface area contributed by atoms with Crippen LogP contribution in [-0.4, -0.2) is 30.0 Å². The molecule has 144 valence electrons. The van der Waals surface area contributed by atoms with Crippen LogP contribution in [0.5, 0.6) is 0 Å². The fourth-order valence-electron chi connectivity index (χ4n) is 2.24. The summed E-state index contributed by atoms with van der Waals surface area (Å²) < 4.78 is 27.1. The van der Waals surface area contributed by atoms with Gasteiger partial charge in [0.2, 0.25) is 5.91 Å². The van der Waals surface area contributed by atoms with Gasteiger partial charge in [0, 0.05) is 30.3 Å². The number of anilines is 2. The van der Waals surface area contributed by atoms with Crippen molar-refractivity contribution in [1.29, 1.82) is 0 Å². The van der Waals surface area contributed by atoms with Crippen molar-refractivity contribution in [2.75, 3.05) is 15.8 Å². The number of amides is 1. The van der Waals surface area contributed by atoms with E-state index in [1.54, 1.807) is 36.5 Å². The van der Waals surface area contributed by atoms with Crippen LogP contribution in [-0.2, 0) is 14.8 Å². The Balaban J connectivity index is 1.53. The highest BCUT2D eigenvalue weighted by Crippen LogP contribution is 2.18. The Morgan fingerprint density at radius 2 is 1.64 bits per heavy atom. The summed E-state index contributed by atoms with van der Waals surface area (Å²) in [5, 5.41) is 3.62. The Labute approximate surface area is 167 Å². The van der Waals surface area contributed by atoms with Gasteiger partial charge in [0.1, 0.15) is 5.82 Å². The Kier molecular flexibility index (Phi) is 6.62. The maximum absolute atomic E-state index is 12.4. The Bertz CT molecular complexity index is 1010. The number of nitrogens with zero attached hydrogens (tertiary/aromatic N) is 2. The van der Waals surface area contributed by atoms with Gasteiger partial charge in [-0.1, -0.05) is 12.1 Å². The predicted octanol–water partition coefficient (Wildman–Crippen LogP) is 3.40. The van der Waals surface area contributed by atoms with Gasteiger partial charge < -0.3 is 5.32 Å². The third-order valence-corrected chi connectivity index (χ3v) is 5.89. The average Bonchev–Trinajstić information content (AvgIpc) is 2.70. The Morgan fingerprint density at radius 3 is 2.29 bits per heavy atom. The number of pyridine rings is 2. The number of hydrogen-bond donors (Lipinski definition) is 2. The van der Waals surface area contributed by atoms with Gasteiger partial charge in [-0.05, 0) is 48.5 Å². The zero-order valence-electron chi connectivity index (χ0n) is 14.8. The van der Waals surface area contributed by atoms with Crippen molar-refractivity contribution in [3.63, 3.8) is 0 Å². The Morgan fingerprint density at radius 1 is 0.929 bits per heavy atom. The molecule has 2 heterocycles. The monoisotopic (exact) mass is 414 g/mol. The van der Waals surface area contributed by atoms with E-state index in [0.29, 0.717) is 17.9 Å². The fraction of sp³-hybridized carbons (Fsp3) is 0.105. The van der Waals surface area contributed by atoms with E-state index >= 15 is 0 Å².